The number of hydrogen-bond donors (Lipinski definition) is 0. The molecule has 0 spiro atoms. The van der Waals surface area contributed by atoms with E-state index in [2.05, 4.69) is 0 Å². The van der Waals surface area contributed by atoms with Gasteiger partial charge < -0.3 is 0 Å². The zero-order valence-electron chi connectivity index (χ0n) is 7.76. The molecule has 2 rings (SSSR count). The summed E-state index contributed by atoms with van der Waals surface area (Å²) in [4.78, 5) is 11.3. The molecule has 1 unspecified atom stereocenters. The van der Waals surface area contributed by atoms with Crippen LogP contribution in [0.15, 0.2) is 30.3 Å². The summed E-state index contributed by atoms with van der Waals surface area (Å²) in [6.45, 7) is 1.92. The van der Waals surface area contributed by atoms with Crippen LogP contribution in [0.25, 0.3) is 0 Å². The van der Waals surface area contributed by atoms with E-state index in [1.165, 1.54) is 0 Å². The van der Waals surface area contributed by atoms with Gasteiger partial charge in [0, 0.05) is 11.8 Å². The van der Waals surface area contributed by atoms with E-state index in [0.717, 1.165) is 5.56 Å². The van der Waals surface area contributed by atoms with Gasteiger partial charge in [0.25, 0.3) is 0 Å². The van der Waals surface area contributed by atoms with Crippen LogP contribution in [0.1, 0.15) is 18.9 Å². The molecule has 3 heteroatoms. The average molecular weight is 229 g/mol. The normalized spacial score (nSPS) is 29.8. The monoisotopic (exact) mass is 228 g/mol. The smallest absolute Gasteiger partial charge is 0.185 e. The summed E-state index contributed by atoms with van der Waals surface area (Å²) < 4.78 is -1.26. The Morgan fingerprint density at radius 2 is 1.79 bits per heavy atom. The Labute approximate surface area is 93.0 Å². The van der Waals surface area contributed by atoms with Crippen LogP contribution in [0.5, 0.6) is 0 Å². The van der Waals surface area contributed by atoms with Gasteiger partial charge in [-0.15, -0.1) is 0 Å². The fourth-order valence-electron chi connectivity index (χ4n) is 1.83. The molecule has 1 aromatic carbocycles. The lowest BCUT2D eigenvalue weighted by atomic mass is 9.64. The number of alkyl halides is 2. The first-order valence-electron chi connectivity index (χ1n) is 4.45. The van der Waals surface area contributed by atoms with Crippen molar-refractivity contribution in [3.8, 4) is 0 Å². The minimum absolute atomic E-state index is 0.0906. The van der Waals surface area contributed by atoms with E-state index in [1.807, 2.05) is 37.3 Å². The predicted octanol–water partition coefficient (Wildman–Crippen LogP) is 3.09. The maximum absolute atomic E-state index is 11.3. The topological polar surface area (TPSA) is 17.1 Å². The van der Waals surface area contributed by atoms with Crippen LogP contribution in [0, 0.1) is 0 Å². The van der Waals surface area contributed by atoms with Gasteiger partial charge >= 0.3 is 0 Å². The van der Waals surface area contributed by atoms with E-state index < -0.39 is 9.75 Å². The first kappa shape index (κ1) is 10.0. The third-order valence-electron chi connectivity index (χ3n) is 2.97. The van der Waals surface area contributed by atoms with Crippen molar-refractivity contribution in [2.45, 2.75) is 23.1 Å². The lowest BCUT2D eigenvalue weighted by molar-refractivity contribution is -0.129. The zero-order valence-corrected chi connectivity index (χ0v) is 9.27. The molecule has 0 N–H and O–H groups in total. The molecule has 1 saturated carbocycles. The molecule has 1 atom stereocenters. The van der Waals surface area contributed by atoms with Crippen LogP contribution >= 0.6 is 23.2 Å². The first-order chi connectivity index (χ1) is 6.48. The van der Waals surface area contributed by atoms with Crippen LogP contribution in [-0.2, 0) is 10.2 Å². The van der Waals surface area contributed by atoms with Crippen molar-refractivity contribution >= 4 is 29.0 Å². The molecular formula is C11H10Cl2O. The fourth-order valence-corrected chi connectivity index (χ4v) is 2.32. The summed E-state index contributed by atoms with van der Waals surface area (Å²) >= 11 is 12.0. The van der Waals surface area contributed by atoms with E-state index in [-0.39, 0.29) is 5.78 Å². The Bertz CT molecular complexity index is 372. The van der Waals surface area contributed by atoms with Crippen LogP contribution in [0.4, 0.5) is 0 Å². The highest BCUT2D eigenvalue weighted by Gasteiger charge is 2.62. The summed E-state index contributed by atoms with van der Waals surface area (Å²) in [7, 11) is 0. The molecule has 74 valence electrons. The molecule has 14 heavy (non-hydrogen) atoms. The minimum Gasteiger partial charge on any atom is -0.296 e. The molecule has 1 fully saturated rings. The number of benzene rings is 1. The van der Waals surface area contributed by atoms with Gasteiger partial charge in [0.05, 0.1) is 0 Å². The van der Waals surface area contributed by atoms with Crippen molar-refractivity contribution in [2.24, 2.45) is 0 Å². The second-order valence-corrected chi connectivity index (χ2v) is 5.20. The standard InChI is InChI=1S/C11H10Cl2O/c1-10(7-9(14)11(10,12)13)8-5-3-2-4-6-8/h2-6H,7H2,1H3. The molecule has 0 radical (unpaired) electrons. The number of hydrogen-bond acceptors (Lipinski definition) is 1. The molecule has 0 amide bonds. The maximum atomic E-state index is 11.3. The average Bonchev–Trinajstić information content (AvgIpc) is 2.19. The van der Waals surface area contributed by atoms with Gasteiger partial charge in [-0.1, -0.05) is 60.5 Å². The second kappa shape index (κ2) is 2.98. The van der Waals surface area contributed by atoms with Crippen molar-refractivity contribution < 1.29 is 4.79 Å². The van der Waals surface area contributed by atoms with Crippen LogP contribution < -0.4 is 0 Å². The quantitative estimate of drug-likeness (QED) is 0.676. The van der Waals surface area contributed by atoms with Crippen molar-refractivity contribution in [3.05, 3.63) is 35.9 Å². The molecule has 0 saturated heterocycles. The molecule has 1 aromatic rings. The lowest BCUT2D eigenvalue weighted by Crippen LogP contribution is -2.59. The number of ketones is 1. The van der Waals surface area contributed by atoms with Crippen molar-refractivity contribution in [2.75, 3.05) is 0 Å². The van der Waals surface area contributed by atoms with Gasteiger partial charge in [0.2, 0.25) is 0 Å². The molecule has 0 bridgehead atoms. The van der Waals surface area contributed by atoms with Crippen LogP contribution in [-0.4, -0.2) is 10.1 Å². The zero-order chi connectivity index (χ0) is 10.4. The van der Waals surface area contributed by atoms with Gasteiger partial charge in [-0.2, -0.15) is 0 Å². The Hall–Kier alpha value is -0.530. The number of carbonyl (C=O) groups is 1. The van der Waals surface area contributed by atoms with E-state index in [4.69, 9.17) is 23.2 Å². The fraction of sp³-hybridized carbons (Fsp3) is 0.364. The summed E-state index contributed by atoms with van der Waals surface area (Å²) in [5.41, 5.74) is 0.582. The van der Waals surface area contributed by atoms with Crippen molar-refractivity contribution in [3.63, 3.8) is 0 Å². The molecule has 1 aliphatic carbocycles. The summed E-state index contributed by atoms with van der Waals surface area (Å²) in [6.07, 6.45) is 0.421. The summed E-state index contributed by atoms with van der Waals surface area (Å²) in [6, 6.07) is 9.68. The number of carbonyl (C=O) groups excluding carboxylic acids is 1. The highest BCUT2D eigenvalue weighted by atomic mass is 35.5. The largest absolute Gasteiger partial charge is 0.296 e. The van der Waals surface area contributed by atoms with Crippen molar-refractivity contribution in [1.29, 1.82) is 0 Å². The molecule has 1 nitrogen and oxygen atoms in total. The van der Waals surface area contributed by atoms with E-state index in [0.29, 0.717) is 6.42 Å². The van der Waals surface area contributed by atoms with Gasteiger partial charge in [-0.25, -0.2) is 0 Å². The van der Waals surface area contributed by atoms with Gasteiger partial charge in [0.15, 0.2) is 10.1 Å². The highest BCUT2D eigenvalue weighted by molar-refractivity contribution is 6.61. The van der Waals surface area contributed by atoms with Crippen LogP contribution in [0.2, 0.25) is 0 Å². The second-order valence-electron chi connectivity index (χ2n) is 3.87. The number of Topliss-reactive ketones (excluding diaryl/α,β-unsaturated/α-hetero) is 1. The lowest BCUT2D eigenvalue weighted by Gasteiger charge is -2.48. The first-order valence-corrected chi connectivity index (χ1v) is 5.21. The molecule has 0 aromatic heterocycles. The van der Waals surface area contributed by atoms with E-state index in [1.54, 1.807) is 0 Å². The molecule has 1 aliphatic rings. The third-order valence-corrected chi connectivity index (χ3v) is 4.22. The summed E-state index contributed by atoms with van der Waals surface area (Å²) in [5, 5.41) is 0. The molecule has 0 heterocycles. The molecule has 0 aliphatic heterocycles. The number of halogens is 2. The van der Waals surface area contributed by atoms with E-state index in [9.17, 15) is 4.79 Å². The Morgan fingerprint density at radius 1 is 1.21 bits per heavy atom. The van der Waals surface area contributed by atoms with Gasteiger partial charge in [-0.05, 0) is 5.56 Å². The van der Waals surface area contributed by atoms with Gasteiger partial charge in [0.1, 0.15) is 0 Å². The van der Waals surface area contributed by atoms with E-state index >= 15 is 0 Å². The minimum atomic E-state index is -1.26. The Balaban J connectivity index is 2.42. The summed E-state index contributed by atoms with van der Waals surface area (Å²) in [5.74, 6) is -0.0906. The van der Waals surface area contributed by atoms with Crippen molar-refractivity contribution in [1.82, 2.24) is 0 Å². The Morgan fingerprint density at radius 3 is 2.21 bits per heavy atom. The van der Waals surface area contributed by atoms with Crippen LogP contribution in [0.3, 0.4) is 0 Å². The highest BCUT2D eigenvalue weighted by Crippen LogP contribution is 2.55. The third kappa shape index (κ3) is 1.12. The van der Waals surface area contributed by atoms with Gasteiger partial charge in [-0.3, -0.25) is 4.79 Å². The predicted molar refractivity (Wildman–Crippen MR) is 57.9 cm³/mol. The Kier molecular flexibility index (Phi) is 2.13. The SMILES string of the molecule is CC1(c2ccccc2)CC(=O)C1(Cl)Cl. The maximum Gasteiger partial charge on any atom is 0.185 e. The number of rotatable bonds is 1. The molecular weight excluding hydrogens is 219 g/mol.